The molecule has 0 aliphatic heterocycles. The number of benzene rings is 2. The van der Waals surface area contributed by atoms with Crippen LogP contribution in [0.3, 0.4) is 0 Å². The van der Waals surface area contributed by atoms with Gasteiger partial charge in [0.1, 0.15) is 0 Å². The predicted octanol–water partition coefficient (Wildman–Crippen LogP) is 4.90. The molecule has 1 aliphatic carbocycles. The van der Waals surface area contributed by atoms with Gasteiger partial charge in [-0.05, 0) is 57.5 Å². The first-order chi connectivity index (χ1) is 9.83. The van der Waals surface area contributed by atoms with Gasteiger partial charge in [-0.1, -0.05) is 36.4 Å². The second kappa shape index (κ2) is 4.36. The number of fused-ring (bicyclic) bond motifs is 3. The third kappa shape index (κ3) is 1.69. The summed E-state index contributed by atoms with van der Waals surface area (Å²) in [5.41, 5.74) is 13.2. The maximum Gasteiger partial charge on any atom is 0.0320 e. The zero-order valence-corrected chi connectivity index (χ0v) is 11.7. The highest BCUT2D eigenvalue weighted by atomic mass is 32.1. The Balaban J connectivity index is 2.02. The Bertz CT molecular complexity index is 813. The standard InChI is InChI=1S/C18H13NS/c19-12-7-8-16-14-5-1-2-6-15(14)18(17(16)10-12)11-13-4-3-9-20-13/h1-11H,19H2. The summed E-state index contributed by atoms with van der Waals surface area (Å²) in [6, 6.07) is 19.0. The molecule has 0 atom stereocenters. The van der Waals surface area contributed by atoms with E-state index in [4.69, 9.17) is 5.73 Å². The summed E-state index contributed by atoms with van der Waals surface area (Å²) in [4.78, 5) is 1.27. The van der Waals surface area contributed by atoms with Crippen LogP contribution in [0.25, 0.3) is 22.8 Å². The highest BCUT2D eigenvalue weighted by molar-refractivity contribution is 7.10. The molecule has 1 nitrogen and oxygen atoms in total. The number of hydrogen-bond acceptors (Lipinski definition) is 2. The van der Waals surface area contributed by atoms with Crippen molar-refractivity contribution in [3.8, 4) is 11.1 Å². The third-order valence-corrected chi connectivity index (χ3v) is 4.49. The van der Waals surface area contributed by atoms with Gasteiger partial charge in [-0.15, -0.1) is 11.3 Å². The van der Waals surface area contributed by atoms with Crippen molar-refractivity contribution in [1.82, 2.24) is 0 Å². The zero-order valence-electron chi connectivity index (χ0n) is 10.8. The summed E-state index contributed by atoms with van der Waals surface area (Å²) in [7, 11) is 0. The Morgan fingerprint density at radius 3 is 2.40 bits per heavy atom. The molecule has 2 heteroatoms. The van der Waals surface area contributed by atoms with Crippen LogP contribution in [0.2, 0.25) is 0 Å². The Labute approximate surface area is 122 Å². The molecule has 4 rings (SSSR count). The van der Waals surface area contributed by atoms with Crippen LogP contribution in [0.4, 0.5) is 5.69 Å². The van der Waals surface area contributed by atoms with Crippen LogP contribution in [0, 0.1) is 0 Å². The number of nitrogens with two attached hydrogens (primary N) is 1. The largest absolute Gasteiger partial charge is 0.399 e. The summed E-state index contributed by atoms with van der Waals surface area (Å²) in [6.45, 7) is 0. The first kappa shape index (κ1) is 11.5. The minimum absolute atomic E-state index is 0.814. The van der Waals surface area contributed by atoms with E-state index in [2.05, 4.69) is 60.0 Å². The summed E-state index contributed by atoms with van der Waals surface area (Å²) in [6.07, 6.45) is 2.26. The molecule has 96 valence electrons. The average molecular weight is 275 g/mol. The van der Waals surface area contributed by atoms with E-state index in [1.165, 1.54) is 32.7 Å². The van der Waals surface area contributed by atoms with Crippen LogP contribution in [-0.4, -0.2) is 0 Å². The molecule has 2 aromatic carbocycles. The minimum Gasteiger partial charge on any atom is -0.399 e. The van der Waals surface area contributed by atoms with Crippen LogP contribution in [0.5, 0.6) is 0 Å². The van der Waals surface area contributed by atoms with Crippen molar-refractivity contribution in [2.45, 2.75) is 0 Å². The minimum atomic E-state index is 0.814. The number of hydrogen-bond donors (Lipinski definition) is 1. The van der Waals surface area contributed by atoms with Crippen LogP contribution in [-0.2, 0) is 0 Å². The Kier molecular flexibility index (Phi) is 2.51. The smallest absolute Gasteiger partial charge is 0.0320 e. The molecule has 0 saturated carbocycles. The Hall–Kier alpha value is -2.32. The van der Waals surface area contributed by atoms with Gasteiger partial charge in [0.15, 0.2) is 0 Å². The fraction of sp³-hybridized carbons (Fsp3) is 0. The molecule has 0 radical (unpaired) electrons. The van der Waals surface area contributed by atoms with Crippen LogP contribution in [0.15, 0.2) is 60.0 Å². The molecule has 1 heterocycles. The van der Waals surface area contributed by atoms with E-state index in [0.29, 0.717) is 0 Å². The molecular formula is C18H13NS. The fourth-order valence-corrected chi connectivity index (χ4v) is 3.45. The van der Waals surface area contributed by atoms with Crippen molar-refractivity contribution in [2.24, 2.45) is 0 Å². The van der Waals surface area contributed by atoms with Crippen molar-refractivity contribution < 1.29 is 0 Å². The van der Waals surface area contributed by atoms with E-state index in [0.717, 1.165) is 5.69 Å². The van der Waals surface area contributed by atoms with Gasteiger partial charge in [-0.2, -0.15) is 0 Å². The van der Waals surface area contributed by atoms with E-state index >= 15 is 0 Å². The van der Waals surface area contributed by atoms with Gasteiger partial charge < -0.3 is 5.73 Å². The number of nitrogen functional groups attached to an aromatic ring is 1. The van der Waals surface area contributed by atoms with Gasteiger partial charge in [0.2, 0.25) is 0 Å². The Morgan fingerprint density at radius 1 is 0.800 bits per heavy atom. The number of rotatable bonds is 1. The molecule has 0 saturated heterocycles. The first-order valence-corrected chi connectivity index (χ1v) is 7.46. The lowest BCUT2D eigenvalue weighted by Gasteiger charge is -2.03. The monoisotopic (exact) mass is 275 g/mol. The predicted molar refractivity (Wildman–Crippen MR) is 87.6 cm³/mol. The molecular weight excluding hydrogens is 262 g/mol. The van der Waals surface area contributed by atoms with Crippen molar-refractivity contribution in [1.29, 1.82) is 0 Å². The molecule has 0 spiro atoms. The van der Waals surface area contributed by atoms with Gasteiger partial charge in [-0.25, -0.2) is 0 Å². The van der Waals surface area contributed by atoms with Gasteiger partial charge in [0, 0.05) is 10.6 Å². The number of thiophene rings is 1. The lowest BCUT2D eigenvalue weighted by atomic mass is 10.0. The highest BCUT2D eigenvalue weighted by Gasteiger charge is 2.22. The highest BCUT2D eigenvalue weighted by Crippen LogP contribution is 2.45. The third-order valence-electron chi connectivity index (χ3n) is 3.67. The van der Waals surface area contributed by atoms with E-state index in [9.17, 15) is 0 Å². The second-order valence-electron chi connectivity index (χ2n) is 4.92. The van der Waals surface area contributed by atoms with Crippen LogP contribution >= 0.6 is 11.3 Å². The van der Waals surface area contributed by atoms with Crippen LogP contribution < -0.4 is 5.73 Å². The fourth-order valence-electron chi connectivity index (χ4n) is 2.79. The maximum absolute atomic E-state index is 5.98. The zero-order chi connectivity index (χ0) is 13.5. The van der Waals surface area contributed by atoms with E-state index in [1.54, 1.807) is 11.3 Å². The van der Waals surface area contributed by atoms with Crippen LogP contribution in [0.1, 0.15) is 16.0 Å². The first-order valence-electron chi connectivity index (χ1n) is 6.58. The SMILES string of the molecule is Nc1ccc2c(c1)C(=Cc1cccs1)c1ccccc1-2. The molecule has 0 bridgehead atoms. The topological polar surface area (TPSA) is 26.0 Å². The van der Waals surface area contributed by atoms with E-state index in [1.807, 2.05) is 6.07 Å². The second-order valence-corrected chi connectivity index (χ2v) is 5.90. The molecule has 1 aliphatic rings. The summed E-state index contributed by atoms with van der Waals surface area (Å²) >= 11 is 1.76. The van der Waals surface area contributed by atoms with E-state index in [-0.39, 0.29) is 0 Å². The molecule has 3 aromatic rings. The quantitative estimate of drug-likeness (QED) is 0.491. The molecule has 1 aromatic heterocycles. The Morgan fingerprint density at radius 2 is 1.60 bits per heavy atom. The summed E-state index contributed by atoms with van der Waals surface area (Å²) in [5, 5.41) is 2.10. The molecule has 2 N–H and O–H groups in total. The normalized spacial score (nSPS) is 14.3. The molecule has 0 unspecified atom stereocenters. The van der Waals surface area contributed by atoms with Gasteiger partial charge in [0.25, 0.3) is 0 Å². The van der Waals surface area contributed by atoms with Gasteiger partial charge in [-0.3, -0.25) is 0 Å². The van der Waals surface area contributed by atoms with Gasteiger partial charge in [0.05, 0.1) is 0 Å². The number of anilines is 1. The molecule has 20 heavy (non-hydrogen) atoms. The average Bonchev–Trinajstić information content (AvgIpc) is 3.07. The van der Waals surface area contributed by atoms with Gasteiger partial charge >= 0.3 is 0 Å². The van der Waals surface area contributed by atoms with Crippen molar-refractivity contribution in [2.75, 3.05) is 5.73 Å². The molecule has 0 amide bonds. The maximum atomic E-state index is 5.98. The molecule has 0 fully saturated rings. The lowest BCUT2D eigenvalue weighted by Crippen LogP contribution is -1.87. The summed E-state index contributed by atoms with van der Waals surface area (Å²) in [5.74, 6) is 0. The van der Waals surface area contributed by atoms with Crippen molar-refractivity contribution in [3.05, 3.63) is 76.0 Å². The lowest BCUT2D eigenvalue weighted by molar-refractivity contribution is 1.64. The summed E-state index contributed by atoms with van der Waals surface area (Å²) < 4.78 is 0. The van der Waals surface area contributed by atoms with Crippen molar-refractivity contribution in [3.63, 3.8) is 0 Å². The van der Waals surface area contributed by atoms with E-state index < -0.39 is 0 Å². The van der Waals surface area contributed by atoms with Crippen molar-refractivity contribution >= 4 is 28.7 Å².